The lowest BCUT2D eigenvalue weighted by molar-refractivity contribution is -0.132. The summed E-state index contributed by atoms with van der Waals surface area (Å²) in [4.78, 5) is 29.2. The van der Waals surface area contributed by atoms with Crippen molar-refractivity contribution in [1.82, 2.24) is 15.1 Å². The number of nitrogens with one attached hydrogen (secondary N) is 1. The van der Waals surface area contributed by atoms with Crippen molar-refractivity contribution in [2.75, 3.05) is 32.7 Å². The van der Waals surface area contributed by atoms with Gasteiger partial charge in [-0.3, -0.25) is 14.5 Å². The first-order valence-electron chi connectivity index (χ1n) is 11.5. The first-order chi connectivity index (χ1) is 17.0. The minimum absolute atomic E-state index is 0.0945. The lowest BCUT2D eigenvalue weighted by Crippen LogP contribution is -2.52. The molecule has 0 radical (unpaired) electrons. The van der Waals surface area contributed by atoms with E-state index in [1.807, 2.05) is 36.4 Å². The summed E-state index contributed by atoms with van der Waals surface area (Å²) in [6.45, 7) is -0.663. The number of ether oxygens (including phenoxy) is 1. The van der Waals surface area contributed by atoms with Crippen molar-refractivity contribution >= 4 is 11.8 Å². The predicted octanol–water partition coefficient (Wildman–Crippen LogP) is 3.95. The van der Waals surface area contributed by atoms with Gasteiger partial charge in [-0.25, -0.2) is 0 Å². The number of carbonyl (C=O) groups excluding carboxylic acids is 2. The number of hydrogen-bond donors (Lipinski definition) is 1. The molecule has 182 valence electrons. The second-order valence-electron chi connectivity index (χ2n) is 8.23. The third-order valence-electron chi connectivity index (χ3n) is 5.98. The first kappa shape index (κ1) is 24.3. The first-order valence-corrected chi connectivity index (χ1v) is 11.5. The average Bonchev–Trinajstić information content (AvgIpc) is 2.89. The number of benzene rings is 3. The molecule has 0 saturated carbocycles. The molecule has 8 heteroatoms. The number of hydrogen-bond acceptors (Lipinski definition) is 4. The Labute approximate surface area is 203 Å². The van der Waals surface area contributed by atoms with Crippen LogP contribution in [0.3, 0.4) is 0 Å². The number of piperazine rings is 1. The molecule has 1 heterocycles. The van der Waals surface area contributed by atoms with Crippen LogP contribution in [0.1, 0.15) is 27.5 Å². The molecule has 0 atom stereocenters. The summed E-state index contributed by atoms with van der Waals surface area (Å²) in [6.07, 6.45) is 0. The lowest BCUT2D eigenvalue weighted by atomic mass is 9.96. The van der Waals surface area contributed by atoms with Crippen LogP contribution in [-0.2, 0) is 4.79 Å². The third-order valence-corrected chi connectivity index (χ3v) is 5.98. The molecule has 1 saturated heterocycles. The molecule has 6 nitrogen and oxygen atoms in total. The number of halogens is 2. The molecule has 1 aliphatic heterocycles. The summed E-state index contributed by atoms with van der Waals surface area (Å²) >= 11 is 0. The fraction of sp³-hybridized carbons (Fsp3) is 0.259. The average molecular weight is 480 g/mol. The molecule has 0 unspecified atom stereocenters. The Kier molecular flexibility index (Phi) is 8.05. The van der Waals surface area contributed by atoms with E-state index in [1.165, 1.54) is 35.4 Å². The van der Waals surface area contributed by atoms with Crippen molar-refractivity contribution in [2.45, 2.75) is 12.7 Å². The van der Waals surface area contributed by atoms with Gasteiger partial charge < -0.3 is 15.0 Å². The summed E-state index contributed by atoms with van der Waals surface area (Å²) in [6, 6.07) is 26.2. The second kappa shape index (κ2) is 11.6. The van der Waals surface area contributed by atoms with Gasteiger partial charge in [-0.05, 0) is 29.3 Å². The molecule has 0 aromatic heterocycles. The van der Waals surface area contributed by atoms with Crippen LogP contribution in [0.4, 0.5) is 8.78 Å². The molecule has 1 fully saturated rings. The van der Waals surface area contributed by atoms with Crippen LogP contribution in [-0.4, -0.2) is 60.9 Å². The molecule has 1 aliphatic rings. The molecule has 3 aromatic rings. The van der Waals surface area contributed by atoms with Gasteiger partial charge in [0.15, 0.2) is 0 Å². The molecule has 0 aliphatic carbocycles. The Bertz CT molecular complexity index is 1080. The molecule has 1 N–H and O–H groups in total. The highest BCUT2D eigenvalue weighted by Crippen LogP contribution is 2.29. The summed E-state index contributed by atoms with van der Waals surface area (Å²) in [7, 11) is 0. The smallest absolute Gasteiger partial charge is 0.387 e. The van der Waals surface area contributed by atoms with Crippen molar-refractivity contribution in [3.05, 3.63) is 102 Å². The Balaban J connectivity index is 1.33. The third kappa shape index (κ3) is 6.42. The SMILES string of the molecule is O=C(NCC(=O)N1CCN(C(c2ccccc2)c2ccccc2)CC1)c1cccc(OC(F)F)c1. The van der Waals surface area contributed by atoms with E-state index in [0.29, 0.717) is 26.2 Å². The van der Waals surface area contributed by atoms with Crippen molar-refractivity contribution < 1.29 is 23.1 Å². The Morgan fingerprint density at radius 2 is 1.43 bits per heavy atom. The highest BCUT2D eigenvalue weighted by Gasteiger charge is 2.28. The molecule has 0 spiro atoms. The Hall–Kier alpha value is -3.78. The van der Waals surface area contributed by atoms with Crippen LogP contribution in [0, 0.1) is 0 Å². The van der Waals surface area contributed by atoms with Gasteiger partial charge in [-0.2, -0.15) is 8.78 Å². The minimum Gasteiger partial charge on any atom is -0.435 e. The zero-order valence-electron chi connectivity index (χ0n) is 19.1. The van der Waals surface area contributed by atoms with Crippen LogP contribution in [0.2, 0.25) is 0 Å². The highest BCUT2D eigenvalue weighted by molar-refractivity contribution is 5.96. The summed E-state index contributed by atoms with van der Waals surface area (Å²) in [5.74, 6) is -0.819. The zero-order valence-corrected chi connectivity index (χ0v) is 19.1. The van der Waals surface area contributed by atoms with Crippen molar-refractivity contribution in [3.63, 3.8) is 0 Å². The number of carbonyl (C=O) groups is 2. The zero-order chi connectivity index (χ0) is 24.6. The second-order valence-corrected chi connectivity index (χ2v) is 8.23. The van der Waals surface area contributed by atoms with Crippen LogP contribution in [0.25, 0.3) is 0 Å². The van der Waals surface area contributed by atoms with Gasteiger partial charge in [-0.15, -0.1) is 0 Å². The van der Waals surface area contributed by atoms with Gasteiger partial charge in [0.2, 0.25) is 5.91 Å². The van der Waals surface area contributed by atoms with Crippen LogP contribution in [0.15, 0.2) is 84.9 Å². The van der Waals surface area contributed by atoms with Crippen LogP contribution >= 0.6 is 0 Å². The molecular formula is C27H27F2N3O3. The summed E-state index contributed by atoms with van der Waals surface area (Å²) in [5, 5.41) is 2.58. The number of alkyl halides is 2. The van der Waals surface area contributed by atoms with E-state index in [4.69, 9.17) is 0 Å². The molecular weight excluding hydrogens is 452 g/mol. The molecule has 4 rings (SSSR count). The van der Waals surface area contributed by atoms with Gasteiger partial charge >= 0.3 is 6.61 Å². The molecule has 2 amide bonds. The highest BCUT2D eigenvalue weighted by atomic mass is 19.3. The number of rotatable bonds is 8. The standard InChI is InChI=1S/C27H27F2N3O3/c28-27(29)35-23-13-7-12-22(18-23)26(34)30-19-24(33)31-14-16-32(17-15-31)25(20-8-3-1-4-9-20)21-10-5-2-6-11-21/h1-13,18,25,27H,14-17,19H2,(H,30,34). The fourth-order valence-corrected chi connectivity index (χ4v) is 4.30. The maximum absolute atomic E-state index is 12.7. The maximum atomic E-state index is 12.7. The van der Waals surface area contributed by atoms with Crippen molar-refractivity contribution in [3.8, 4) is 5.75 Å². The lowest BCUT2D eigenvalue weighted by Gasteiger charge is -2.39. The summed E-state index contributed by atoms with van der Waals surface area (Å²) < 4.78 is 29.1. The quantitative estimate of drug-likeness (QED) is 0.532. The maximum Gasteiger partial charge on any atom is 0.387 e. The van der Waals surface area contributed by atoms with E-state index in [2.05, 4.69) is 39.2 Å². The minimum atomic E-state index is -2.98. The van der Waals surface area contributed by atoms with Gasteiger partial charge in [0, 0.05) is 31.7 Å². The van der Waals surface area contributed by atoms with Crippen molar-refractivity contribution in [1.29, 1.82) is 0 Å². The topological polar surface area (TPSA) is 61.9 Å². The normalized spacial score (nSPS) is 14.2. The molecule has 35 heavy (non-hydrogen) atoms. The van der Waals surface area contributed by atoms with Crippen LogP contribution < -0.4 is 10.1 Å². The van der Waals surface area contributed by atoms with Crippen LogP contribution in [0.5, 0.6) is 5.75 Å². The monoisotopic (exact) mass is 479 g/mol. The largest absolute Gasteiger partial charge is 0.435 e. The van der Waals surface area contributed by atoms with E-state index in [-0.39, 0.29) is 29.8 Å². The molecule has 0 bridgehead atoms. The Morgan fingerprint density at radius 3 is 2.00 bits per heavy atom. The van der Waals surface area contributed by atoms with Crippen molar-refractivity contribution in [2.24, 2.45) is 0 Å². The number of amides is 2. The summed E-state index contributed by atoms with van der Waals surface area (Å²) in [5.41, 5.74) is 2.54. The Morgan fingerprint density at radius 1 is 0.829 bits per heavy atom. The van der Waals surface area contributed by atoms with Gasteiger partial charge in [0.25, 0.3) is 5.91 Å². The van der Waals surface area contributed by atoms with Gasteiger partial charge in [0.1, 0.15) is 5.75 Å². The van der Waals surface area contributed by atoms with Gasteiger partial charge in [-0.1, -0.05) is 66.7 Å². The fourth-order valence-electron chi connectivity index (χ4n) is 4.30. The van der Waals surface area contributed by atoms with E-state index in [1.54, 1.807) is 4.90 Å². The van der Waals surface area contributed by atoms with E-state index in [9.17, 15) is 18.4 Å². The molecule has 3 aromatic carbocycles. The number of nitrogens with zero attached hydrogens (tertiary/aromatic N) is 2. The van der Waals surface area contributed by atoms with E-state index >= 15 is 0 Å². The van der Waals surface area contributed by atoms with Gasteiger partial charge in [0.05, 0.1) is 12.6 Å². The van der Waals surface area contributed by atoms with E-state index < -0.39 is 12.5 Å². The van der Waals surface area contributed by atoms with E-state index in [0.717, 1.165) is 0 Å². The predicted molar refractivity (Wildman–Crippen MR) is 128 cm³/mol.